The van der Waals surface area contributed by atoms with E-state index in [1.54, 1.807) is 13.8 Å². The SMILES string of the molecule is Cc1ccc(C(Br)c2cc(C)c(F)c(C)c2)o1. The zero-order valence-corrected chi connectivity index (χ0v) is 11.6. The molecule has 1 nitrogen and oxygen atoms in total. The summed E-state index contributed by atoms with van der Waals surface area (Å²) in [6, 6.07) is 7.55. The highest BCUT2D eigenvalue weighted by atomic mass is 79.9. The molecule has 90 valence electrons. The Bertz CT molecular complexity index is 522. The van der Waals surface area contributed by atoms with Crippen LogP contribution in [0.2, 0.25) is 0 Å². The highest BCUT2D eigenvalue weighted by Crippen LogP contribution is 2.33. The molecule has 0 saturated heterocycles. The Morgan fingerprint density at radius 3 is 2.18 bits per heavy atom. The van der Waals surface area contributed by atoms with Crippen molar-refractivity contribution in [1.82, 2.24) is 0 Å². The molecule has 2 rings (SSSR count). The van der Waals surface area contributed by atoms with Gasteiger partial charge in [-0.1, -0.05) is 28.1 Å². The van der Waals surface area contributed by atoms with Crippen LogP contribution >= 0.6 is 15.9 Å². The van der Waals surface area contributed by atoms with Crippen molar-refractivity contribution in [3.63, 3.8) is 0 Å². The lowest BCUT2D eigenvalue weighted by Crippen LogP contribution is -1.96. The van der Waals surface area contributed by atoms with Crippen LogP contribution in [0.25, 0.3) is 0 Å². The molecule has 0 aliphatic heterocycles. The van der Waals surface area contributed by atoms with Crippen LogP contribution in [-0.4, -0.2) is 0 Å². The van der Waals surface area contributed by atoms with Gasteiger partial charge in [0.1, 0.15) is 17.3 Å². The molecule has 0 saturated carbocycles. The zero-order valence-electron chi connectivity index (χ0n) is 10.1. The first-order valence-corrected chi connectivity index (χ1v) is 6.37. The van der Waals surface area contributed by atoms with Crippen molar-refractivity contribution >= 4 is 15.9 Å². The fraction of sp³-hybridized carbons (Fsp3) is 0.286. The number of furan rings is 1. The summed E-state index contributed by atoms with van der Waals surface area (Å²) in [5.74, 6) is 1.58. The minimum absolute atomic E-state index is 0.0331. The van der Waals surface area contributed by atoms with Gasteiger partial charge in [0.05, 0.1) is 4.83 Å². The van der Waals surface area contributed by atoms with Crippen LogP contribution in [0.3, 0.4) is 0 Å². The van der Waals surface area contributed by atoms with Crippen LogP contribution in [0.15, 0.2) is 28.7 Å². The van der Waals surface area contributed by atoms with Crippen LogP contribution in [0.1, 0.15) is 33.0 Å². The first kappa shape index (κ1) is 12.4. The highest BCUT2D eigenvalue weighted by Gasteiger charge is 2.16. The molecular formula is C14H14BrFO. The molecule has 0 N–H and O–H groups in total. The first-order valence-electron chi connectivity index (χ1n) is 5.46. The van der Waals surface area contributed by atoms with Crippen molar-refractivity contribution in [2.75, 3.05) is 0 Å². The van der Waals surface area contributed by atoms with Gasteiger partial charge in [-0.3, -0.25) is 0 Å². The molecule has 0 bridgehead atoms. The molecule has 1 unspecified atom stereocenters. The quantitative estimate of drug-likeness (QED) is 0.724. The van der Waals surface area contributed by atoms with Crippen molar-refractivity contribution in [3.05, 3.63) is 58.3 Å². The van der Waals surface area contributed by atoms with Crippen LogP contribution in [0.5, 0.6) is 0 Å². The molecule has 0 radical (unpaired) electrons. The van der Waals surface area contributed by atoms with Crippen molar-refractivity contribution in [2.24, 2.45) is 0 Å². The van der Waals surface area contributed by atoms with Crippen molar-refractivity contribution in [3.8, 4) is 0 Å². The lowest BCUT2D eigenvalue weighted by molar-refractivity contribution is 0.491. The van der Waals surface area contributed by atoms with Gasteiger partial charge in [-0.25, -0.2) is 4.39 Å². The fourth-order valence-electron chi connectivity index (χ4n) is 1.88. The van der Waals surface area contributed by atoms with Gasteiger partial charge in [-0.2, -0.15) is 0 Å². The summed E-state index contributed by atoms with van der Waals surface area (Å²) in [6.45, 7) is 5.46. The molecule has 0 spiro atoms. The fourth-order valence-corrected chi connectivity index (χ4v) is 2.39. The summed E-state index contributed by atoms with van der Waals surface area (Å²) in [6.07, 6.45) is 0. The molecule has 1 aromatic carbocycles. The van der Waals surface area contributed by atoms with Crippen molar-refractivity contribution in [2.45, 2.75) is 25.6 Å². The maximum atomic E-state index is 13.5. The molecule has 17 heavy (non-hydrogen) atoms. The molecule has 1 atom stereocenters. The van der Waals surface area contributed by atoms with E-state index < -0.39 is 0 Å². The molecule has 0 fully saturated rings. The topological polar surface area (TPSA) is 13.1 Å². The summed E-state index contributed by atoms with van der Waals surface area (Å²) in [7, 11) is 0. The van der Waals surface area contributed by atoms with Gasteiger partial charge in [0.2, 0.25) is 0 Å². The molecular weight excluding hydrogens is 283 g/mol. The minimum Gasteiger partial charge on any atom is -0.465 e. The van der Waals surface area contributed by atoms with E-state index in [4.69, 9.17) is 4.42 Å². The lowest BCUT2D eigenvalue weighted by atomic mass is 10.0. The van der Waals surface area contributed by atoms with E-state index in [0.29, 0.717) is 11.1 Å². The first-order chi connectivity index (χ1) is 7.99. The largest absolute Gasteiger partial charge is 0.465 e. The van der Waals surface area contributed by atoms with Crippen LogP contribution in [0, 0.1) is 26.6 Å². The van der Waals surface area contributed by atoms with Gasteiger partial charge < -0.3 is 4.42 Å². The molecule has 0 aliphatic carbocycles. The number of hydrogen-bond acceptors (Lipinski definition) is 1. The summed E-state index contributed by atoms with van der Waals surface area (Å²) < 4.78 is 19.1. The third-order valence-electron chi connectivity index (χ3n) is 2.76. The summed E-state index contributed by atoms with van der Waals surface area (Å²) in [4.78, 5) is -0.0331. The molecule has 3 heteroatoms. The van der Waals surface area contributed by atoms with Gasteiger partial charge in [0.15, 0.2) is 0 Å². The maximum Gasteiger partial charge on any atom is 0.129 e. The number of aryl methyl sites for hydroxylation is 3. The molecule has 1 aromatic heterocycles. The second-order valence-corrected chi connectivity index (χ2v) is 5.20. The average molecular weight is 297 g/mol. The van der Waals surface area contributed by atoms with Crippen molar-refractivity contribution < 1.29 is 8.81 Å². The number of benzene rings is 1. The van der Waals surface area contributed by atoms with Crippen LogP contribution in [-0.2, 0) is 0 Å². The third-order valence-corrected chi connectivity index (χ3v) is 3.74. The highest BCUT2D eigenvalue weighted by molar-refractivity contribution is 9.09. The van der Waals surface area contributed by atoms with E-state index in [0.717, 1.165) is 17.1 Å². The van der Waals surface area contributed by atoms with E-state index in [2.05, 4.69) is 15.9 Å². The smallest absolute Gasteiger partial charge is 0.129 e. The normalized spacial score (nSPS) is 12.8. The zero-order chi connectivity index (χ0) is 12.6. The Balaban J connectivity index is 2.41. The van der Waals surface area contributed by atoms with Gasteiger partial charge in [0, 0.05) is 0 Å². The Kier molecular flexibility index (Phi) is 3.38. The van der Waals surface area contributed by atoms with Crippen LogP contribution < -0.4 is 0 Å². The van der Waals surface area contributed by atoms with Crippen molar-refractivity contribution in [1.29, 1.82) is 0 Å². The summed E-state index contributed by atoms with van der Waals surface area (Å²) >= 11 is 3.58. The predicted molar refractivity (Wildman–Crippen MR) is 70.1 cm³/mol. The minimum atomic E-state index is -0.135. The maximum absolute atomic E-state index is 13.5. The van der Waals surface area contributed by atoms with E-state index >= 15 is 0 Å². The Morgan fingerprint density at radius 2 is 1.71 bits per heavy atom. The second-order valence-electron chi connectivity index (χ2n) is 4.28. The number of rotatable bonds is 2. The standard InChI is InChI=1S/C14H14BrFO/c1-8-6-11(7-9(2)14(8)16)13(15)12-5-4-10(3)17-12/h4-7,13H,1-3H3. The second kappa shape index (κ2) is 4.65. The van der Waals surface area contributed by atoms with Gasteiger partial charge in [0.25, 0.3) is 0 Å². The third kappa shape index (κ3) is 2.44. The Labute approximate surface area is 109 Å². The Hall–Kier alpha value is -1.09. The molecule has 2 aromatic rings. The molecule has 0 amide bonds. The van der Waals surface area contributed by atoms with E-state index in [-0.39, 0.29) is 10.6 Å². The molecule has 0 aliphatic rings. The monoisotopic (exact) mass is 296 g/mol. The van der Waals surface area contributed by atoms with Crippen LogP contribution in [0.4, 0.5) is 4.39 Å². The van der Waals surface area contributed by atoms with E-state index in [9.17, 15) is 4.39 Å². The molecule has 1 heterocycles. The summed E-state index contributed by atoms with van der Waals surface area (Å²) in [5.41, 5.74) is 2.33. The number of halogens is 2. The Morgan fingerprint density at radius 1 is 1.12 bits per heavy atom. The van der Waals surface area contributed by atoms with Gasteiger partial charge in [-0.05, 0) is 49.6 Å². The summed E-state index contributed by atoms with van der Waals surface area (Å²) in [5, 5.41) is 0. The average Bonchev–Trinajstić information content (AvgIpc) is 2.71. The van der Waals surface area contributed by atoms with E-state index in [1.165, 1.54) is 0 Å². The number of alkyl halides is 1. The number of hydrogen-bond donors (Lipinski definition) is 0. The lowest BCUT2D eigenvalue weighted by Gasteiger charge is -2.11. The predicted octanol–water partition coefficient (Wildman–Crippen LogP) is 4.83. The van der Waals surface area contributed by atoms with Gasteiger partial charge in [-0.15, -0.1) is 0 Å². The van der Waals surface area contributed by atoms with E-state index in [1.807, 2.05) is 31.2 Å². The van der Waals surface area contributed by atoms with Gasteiger partial charge >= 0.3 is 0 Å².